The molecule has 4 rings (SSSR count). The Labute approximate surface area is 168 Å². The number of hydrogen-bond acceptors (Lipinski definition) is 4. The summed E-state index contributed by atoms with van der Waals surface area (Å²) in [7, 11) is 0. The van der Waals surface area contributed by atoms with Crippen LogP contribution in [0.25, 0.3) is 20.8 Å². The van der Waals surface area contributed by atoms with Crippen LogP contribution in [-0.2, 0) is 17.4 Å². The standard InChI is InChI=1S/C22H14F3NO2S/c23-22(24,25)15-7-5-6-14(12-15)13-20(27)28-18-10-3-1-8-16(18)21-26-17-9-2-4-11-19(17)29-21/h1-12H,13H2. The molecule has 0 bridgehead atoms. The van der Waals surface area contributed by atoms with E-state index in [0.717, 1.165) is 22.3 Å². The molecule has 0 atom stereocenters. The zero-order valence-corrected chi connectivity index (χ0v) is 15.8. The SMILES string of the molecule is O=C(Cc1cccc(C(F)(F)F)c1)Oc1ccccc1-c1nc2ccccc2s1. The van der Waals surface area contributed by atoms with Crippen molar-refractivity contribution in [2.45, 2.75) is 12.6 Å². The number of aromatic nitrogens is 1. The molecule has 0 aliphatic heterocycles. The maximum absolute atomic E-state index is 12.9. The van der Waals surface area contributed by atoms with Gasteiger partial charge in [-0.15, -0.1) is 11.3 Å². The summed E-state index contributed by atoms with van der Waals surface area (Å²) in [5, 5.41) is 0.702. The Bertz CT molecular complexity index is 1150. The van der Waals surface area contributed by atoms with E-state index in [9.17, 15) is 18.0 Å². The van der Waals surface area contributed by atoms with E-state index < -0.39 is 17.7 Å². The predicted octanol–water partition coefficient (Wildman–Crippen LogP) is 6.13. The molecule has 1 heterocycles. The number of ether oxygens (including phenoxy) is 1. The first-order chi connectivity index (χ1) is 13.9. The molecule has 1 aromatic heterocycles. The van der Waals surface area contributed by atoms with Gasteiger partial charge in [0.25, 0.3) is 0 Å². The van der Waals surface area contributed by atoms with Crippen molar-refractivity contribution in [3.63, 3.8) is 0 Å². The van der Waals surface area contributed by atoms with Gasteiger partial charge in [0.2, 0.25) is 0 Å². The molecule has 0 amide bonds. The van der Waals surface area contributed by atoms with Gasteiger partial charge in [-0.25, -0.2) is 4.98 Å². The molecule has 4 aromatic rings. The second-order valence-corrected chi connectivity index (χ2v) is 7.36. The van der Waals surface area contributed by atoms with Crippen LogP contribution in [0.4, 0.5) is 13.2 Å². The number of para-hydroxylation sites is 2. The van der Waals surface area contributed by atoms with E-state index >= 15 is 0 Å². The highest BCUT2D eigenvalue weighted by molar-refractivity contribution is 7.21. The van der Waals surface area contributed by atoms with Gasteiger partial charge in [-0.1, -0.05) is 42.5 Å². The average Bonchev–Trinajstić information content (AvgIpc) is 3.12. The summed E-state index contributed by atoms with van der Waals surface area (Å²) < 4.78 is 45.1. The van der Waals surface area contributed by atoms with E-state index in [0.29, 0.717) is 16.3 Å². The van der Waals surface area contributed by atoms with Gasteiger partial charge < -0.3 is 4.74 Å². The Kier molecular flexibility index (Phi) is 5.07. The lowest BCUT2D eigenvalue weighted by Gasteiger charge is -2.10. The molecular weight excluding hydrogens is 399 g/mol. The van der Waals surface area contributed by atoms with E-state index in [4.69, 9.17) is 4.74 Å². The van der Waals surface area contributed by atoms with E-state index in [1.54, 1.807) is 18.2 Å². The molecule has 0 aliphatic rings. The zero-order chi connectivity index (χ0) is 20.4. The van der Waals surface area contributed by atoms with Crippen molar-refractivity contribution in [2.24, 2.45) is 0 Å². The van der Waals surface area contributed by atoms with Gasteiger partial charge in [0.1, 0.15) is 10.8 Å². The predicted molar refractivity (Wildman–Crippen MR) is 106 cm³/mol. The molecule has 3 aromatic carbocycles. The van der Waals surface area contributed by atoms with Crippen LogP contribution in [0.2, 0.25) is 0 Å². The molecule has 7 heteroatoms. The van der Waals surface area contributed by atoms with Crippen molar-refractivity contribution in [1.82, 2.24) is 4.98 Å². The van der Waals surface area contributed by atoms with Crippen LogP contribution >= 0.6 is 11.3 Å². The number of thiazole rings is 1. The summed E-state index contributed by atoms with van der Waals surface area (Å²) in [6.45, 7) is 0. The van der Waals surface area contributed by atoms with Gasteiger partial charge in [0.15, 0.2) is 0 Å². The smallest absolute Gasteiger partial charge is 0.416 e. The van der Waals surface area contributed by atoms with Gasteiger partial charge >= 0.3 is 12.1 Å². The highest BCUT2D eigenvalue weighted by atomic mass is 32.1. The monoisotopic (exact) mass is 413 g/mol. The van der Waals surface area contributed by atoms with Crippen molar-refractivity contribution in [3.05, 3.63) is 83.9 Å². The fraction of sp³-hybridized carbons (Fsp3) is 0.0909. The third-order valence-corrected chi connectivity index (χ3v) is 5.31. The number of nitrogens with zero attached hydrogens (tertiary/aromatic N) is 1. The van der Waals surface area contributed by atoms with Gasteiger partial charge in [-0.2, -0.15) is 13.2 Å². The minimum Gasteiger partial charge on any atom is -0.426 e. The molecule has 0 aliphatic carbocycles. The number of fused-ring (bicyclic) bond motifs is 1. The first-order valence-corrected chi connectivity index (χ1v) is 9.53. The third kappa shape index (κ3) is 4.30. The third-order valence-electron chi connectivity index (χ3n) is 4.24. The van der Waals surface area contributed by atoms with Crippen molar-refractivity contribution >= 4 is 27.5 Å². The maximum Gasteiger partial charge on any atom is 0.416 e. The molecule has 0 saturated carbocycles. The molecule has 29 heavy (non-hydrogen) atoms. The van der Waals surface area contributed by atoms with Gasteiger partial charge in [0.05, 0.1) is 27.8 Å². The van der Waals surface area contributed by atoms with E-state index in [-0.39, 0.29) is 12.0 Å². The second kappa shape index (κ2) is 7.67. The topological polar surface area (TPSA) is 39.2 Å². The first kappa shape index (κ1) is 19.1. The number of halogens is 3. The summed E-state index contributed by atoms with van der Waals surface area (Å²) in [5.41, 5.74) is 0.948. The maximum atomic E-state index is 12.9. The first-order valence-electron chi connectivity index (χ1n) is 8.72. The molecule has 3 nitrogen and oxygen atoms in total. The molecule has 0 spiro atoms. The minimum absolute atomic E-state index is 0.238. The zero-order valence-electron chi connectivity index (χ0n) is 14.9. The van der Waals surface area contributed by atoms with Crippen molar-refractivity contribution < 1.29 is 22.7 Å². The number of carbonyl (C=O) groups excluding carboxylic acids is 1. The minimum atomic E-state index is -4.46. The highest BCUT2D eigenvalue weighted by Gasteiger charge is 2.30. The fourth-order valence-electron chi connectivity index (χ4n) is 2.90. The molecule has 0 unspecified atom stereocenters. The normalized spacial score (nSPS) is 11.6. The lowest BCUT2D eigenvalue weighted by molar-refractivity contribution is -0.138. The number of hydrogen-bond donors (Lipinski definition) is 0. The molecule has 0 N–H and O–H groups in total. The number of benzene rings is 3. The number of carbonyl (C=O) groups is 1. The van der Waals surface area contributed by atoms with Crippen LogP contribution in [0.5, 0.6) is 5.75 Å². The largest absolute Gasteiger partial charge is 0.426 e. The Hall–Kier alpha value is -3.19. The van der Waals surface area contributed by atoms with Crippen molar-refractivity contribution in [2.75, 3.05) is 0 Å². The number of esters is 1. The number of rotatable bonds is 4. The van der Waals surface area contributed by atoms with Crippen molar-refractivity contribution in [1.29, 1.82) is 0 Å². The van der Waals surface area contributed by atoms with E-state index in [2.05, 4.69) is 4.98 Å². The van der Waals surface area contributed by atoms with Crippen LogP contribution in [0.1, 0.15) is 11.1 Å². The number of alkyl halides is 3. The second-order valence-electron chi connectivity index (χ2n) is 6.33. The van der Waals surface area contributed by atoms with Gasteiger partial charge in [0, 0.05) is 0 Å². The van der Waals surface area contributed by atoms with Crippen LogP contribution in [-0.4, -0.2) is 11.0 Å². The van der Waals surface area contributed by atoms with E-state index in [1.165, 1.54) is 23.5 Å². The lowest BCUT2D eigenvalue weighted by atomic mass is 10.1. The van der Waals surface area contributed by atoms with Crippen LogP contribution in [0.3, 0.4) is 0 Å². The van der Waals surface area contributed by atoms with Gasteiger partial charge in [-0.05, 0) is 35.9 Å². The summed E-state index contributed by atoms with van der Waals surface area (Å²) in [4.78, 5) is 17.0. The molecule has 0 saturated heterocycles. The van der Waals surface area contributed by atoms with Gasteiger partial charge in [-0.3, -0.25) is 4.79 Å². The molecular formula is C22H14F3NO2S. The Morgan fingerprint density at radius 3 is 2.52 bits per heavy atom. The van der Waals surface area contributed by atoms with E-state index in [1.807, 2.05) is 30.3 Å². The highest BCUT2D eigenvalue weighted by Crippen LogP contribution is 2.36. The average molecular weight is 413 g/mol. The van der Waals surface area contributed by atoms with Crippen LogP contribution in [0, 0.1) is 0 Å². The van der Waals surface area contributed by atoms with Crippen molar-refractivity contribution in [3.8, 4) is 16.3 Å². The molecule has 0 fully saturated rings. The van der Waals surface area contributed by atoms with Crippen LogP contribution in [0.15, 0.2) is 72.8 Å². The Balaban J connectivity index is 1.57. The summed E-state index contributed by atoms with van der Waals surface area (Å²) in [5.74, 6) is -0.318. The molecule has 146 valence electrons. The quantitative estimate of drug-likeness (QED) is 0.298. The van der Waals surface area contributed by atoms with Crippen LogP contribution < -0.4 is 4.74 Å². The summed E-state index contributed by atoms with van der Waals surface area (Å²) in [6.07, 6.45) is -4.72. The Morgan fingerprint density at radius 1 is 0.966 bits per heavy atom. The summed E-state index contributed by atoms with van der Waals surface area (Å²) in [6, 6.07) is 19.3. The lowest BCUT2D eigenvalue weighted by Crippen LogP contribution is -2.13. The fourth-order valence-corrected chi connectivity index (χ4v) is 3.90. The molecule has 0 radical (unpaired) electrons. The Morgan fingerprint density at radius 2 is 1.72 bits per heavy atom. The summed E-state index contributed by atoms with van der Waals surface area (Å²) >= 11 is 1.47.